The molecule has 0 fully saturated rings. The predicted octanol–water partition coefficient (Wildman–Crippen LogP) is 3.17. The molecule has 0 spiro atoms. The first-order chi connectivity index (χ1) is 10.3. The lowest BCUT2D eigenvalue weighted by molar-refractivity contribution is 0.912. The van der Waals surface area contributed by atoms with Crippen LogP contribution in [0.3, 0.4) is 0 Å². The van der Waals surface area contributed by atoms with Gasteiger partial charge in [0, 0.05) is 39.3 Å². The molecule has 0 saturated carbocycles. The molecular weight excluding hydrogens is 256 g/mol. The molecule has 2 aromatic carbocycles. The summed E-state index contributed by atoms with van der Waals surface area (Å²) < 4.78 is 2.35. The van der Waals surface area contributed by atoms with Gasteiger partial charge < -0.3 is 9.55 Å². The Hall–Kier alpha value is -2.48. The summed E-state index contributed by atoms with van der Waals surface area (Å²) in [5.41, 5.74) is 3.79. The first-order valence-corrected chi connectivity index (χ1v) is 7.53. The highest BCUT2D eigenvalue weighted by atomic mass is 14.9. The van der Waals surface area contributed by atoms with Crippen LogP contribution in [0.2, 0.25) is 0 Å². The standard InChI is InChI=1S/C19H16N2/c1-21-17-9-5-3-7-13(17)15-11-10-14-12-6-2-4-8-16(12)20-18(14)19(15)21/h2,4,6-11,20H,3,5H2,1H3. The third-order valence-corrected chi connectivity index (χ3v) is 4.77. The van der Waals surface area contributed by atoms with Crippen LogP contribution in [0.1, 0.15) is 12.8 Å². The molecule has 0 atom stereocenters. The van der Waals surface area contributed by atoms with Crippen LogP contribution in [0.25, 0.3) is 44.9 Å². The number of H-pyrrole nitrogens is 1. The van der Waals surface area contributed by atoms with Crippen LogP contribution in [-0.2, 0) is 7.05 Å². The van der Waals surface area contributed by atoms with Gasteiger partial charge in [-0.25, -0.2) is 0 Å². The van der Waals surface area contributed by atoms with Crippen LogP contribution in [0.15, 0.2) is 36.4 Å². The molecule has 1 aliphatic carbocycles. The van der Waals surface area contributed by atoms with Gasteiger partial charge in [-0.15, -0.1) is 0 Å². The summed E-state index contributed by atoms with van der Waals surface area (Å²) in [5.74, 6) is 0. The number of para-hydroxylation sites is 1. The van der Waals surface area contributed by atoms with Gasteiger partial charge >= 0.3 is 0 Å². The zero-order chi connectivity index (χ0) is 14.0. The fraction of sp³-hybridized carbons (Fsp3) is 0.158. The Kier molecular flexibility index (Phi) is 2.02. The van der Waals surface area contributed by atoms with Crippen molar-refractivity contribution in [2.24, 2.45) is 7.05 Å². The van der Waals surface area contributed by atoms with E-state index in [1.165, 1.54) is 43.3 Å². The summed E-state index contributed by atoms with van der Waals surface area (Å²) in [6.07, 6.45) is 7.04. The summed E-state index contributed by atoms with van der Waals surface area (Å²) in [7, 11) is 2.18. The summed E-state index contributed by atoms with van der Waals surface area (Å²) in [5, 5.41) is 6.75. The molecule has 2 heteroatoms. The highest BCUT2D eigenvalue weighted by Crippen LogP contribution is 2.29. The third-order valence-electron chi connectivity index (χ3n) is 4.77. The second-order valence-corrected chi connectivity index (χ2v) is 5.90. The molecule has 0 amide bonds. The van der Waals surface area contributed by atoms with E-state index in [-0.39, 0.29) is 0 Å². The predicted molar refractivity (Wildman–Crippen MR) is 89.7 cm³/mol. The molecular formula is C19H16N2. The number of hydrogen-bond donors (Lipinski definition) is 1. The van der Waals surface area contributed by atoms with Gasteiger partial charge in [0.2, 0.25) is 0 Å². The van der Waals surface area contributed by atoms with Gasteiger partial charge in [0.05, 0.1) is 11.0 Å². The summed E-state index contributed by atoms with van der Waals surface area (Å²) in [6, 6.07) is 13.1. The van der Waals surface area contributed by atoms with Gasteiger partial charge in [-0.1, -0.05) is 42.5 Å². The van der Waals surface area contributed by atoms with Crippen LogP contribution in [0.5, 0.6) is 0 Å². The minimum Gasteiger partial charge on any atom is -0.353 e. The number of benzene rings is 2. The maximum absolute atomic E-state index is 3.62. The fourth-order valence-corrected chi connectivity index (χ4v) is 3.82. The highest BCUT2D eigenvalue weighted by molar-refractivity contribution is 6.16. The lowest BCUT2D eigenvalue weighted by atomic mass is 10.1. The summed E-state index contributed by atoms with van der Waals surface area (Å²) in [6.45, 7) is 0. The van der Waals surface area contributed by atoms with Crippen molar-refractivity contribution >= 4 is 44.9 Å². The average Bonchev–Trinajstić information content (AvgIpc) is 3.04. The Balaban J connectivity index is 2.14. The van der Waals surface area contributed by atoms with Crippen LogP contribution in [0, 0.1) is 0 Å². The topological polar surface area (TPSA) is 20.7 Å². The molecule has 5 rings (SSSR count). The molecule has 102 valence electrons. The quantitative estimate of drug-likeness (QED) is 0.507. The largest absolute Gasteiger partial charge is 0.353 e. The number of fused-ring (bicyclic) bond motifs is 7. The summed E-state index contributed by atoms with van der Waals surface area (Å²) in [4.78, 5) is 3.62. The Morgan fingerprint density at radius 3 is 2.67 bits per heavy atom. The summed E-state index contributed by atoms with van der Waals surface area (Å²) >= 11 is 0. The van der Waals surface area contributed by atoms with Gasteiger partial charge in [-0.2, -0.15) is 0 Å². The van der Waals surface area contributed by atoms with Crippen molar-refractivity contribution in [2.75, 3.05) is 0 Å². The molecule has 0 aliphatic heterocycles. The molecule has 4 aromatic rings. The third kappa shape index (κ3) is 1.32. The Morgan fingerprint density at radius 2 is 1.71 bits per heavy atom. The van der Waals surface area contributed by atoms with E-state index in [2.05, 4.69) is 65.1 Å². The van der Waals surface area contributed by atoms with E-state index in [1.807, 2.05) is 0 Å². The van der Waals surface area contributed by atoms with Crippen molar-refractivity contribution in [3.63, 3.8) is 0 Å². The normalized spacial score (nSPS) is 14.3. The van der Waals surface area contributed by atoms with Crippen LogP contribution in [0.4, 0.5) is 0 Å². The van der Waals surface area contributed by atoms with Gasteiger partial charge in [-0.05, 0) is 18.9 Å². The molecule has 0 bridgehead atoms. The van der Waals surface area contributed by atoms with Crippen LogP contribution >= 0.6 is 0 Å². The number of hydrogen-bond acceptors (Lipinski definition) is 0. The lowest BCUT2D eigenvalue weighted by Crippen LogP contribution is -2.29. The van der Waals surface area contributed by atoms with E-state index < -0.39 is 0 Å². The lowest BCUT2D eigenvalue weighted by Gasteiger charge is -1.99. The Morgan fingerprint density at radius 1 is 0.905 bits per heavy atom. The van der Waals surface area contributed by atoms with E-state index in [0.717, 1.165) is 12.8 Å². The van der Waals surface area contributed by atoms with Crippen LogP contribution < -0.4 is 10.6 Å². The van der Waals surface area contributed by atoms with Gasteiger partial charge in [0.15, 0.2) is 0 Å². The van der Waals surface area contributed by atoms with E-state index in [4.69, 9.17) is 0 Å². The molecule has 1 N–H and O–H groups in total. The zero-order valence-electron chi connectivity index (χ0n) is 12.0. The molecule has 2 nitrogen and oxygen atoms in total. The first kappa shape index (κ1) is 11.2. The van der Waals surface area contributed by atoms with Crippen molar-refractivity contribution in [2.45, 2.75) is 12.8 Å². The minimum atomic E-state index is 1.15. The first-order valence-electron chi connectivity index (χ1n) is 7.53. The molecule has 1 aliphatic rings. The molecule has 0 radical (unpaired) electrons. The van der Waals surface area contributed by atoms with Crippen LogP contribution in [-0.4, -0.2) is 9.55 Å². The van der Waals surface area contributed by atoms with E-state index in [1.54, 1.807) is 0 Å². The molecule has 0 unspecified atom stereocenters. The van der Waals surface area contributed by atoms with Crippen molar-refractivity contribution in [1.29, 1.82) is 0 Å². The minimum absolute atomic E-state index is 1.15. The van der Waals surface area contributed by atoms with E-state index >= 15 is 0 Å². The van der Waals surface area contributed by atoms with Crippen molar-refractivity contribution in [3.8, 4) is 0 Å². The Labute approximate surface area is 122 Å². The number of aryl methyl sites for hydroxylation is 1. The number of nitrogens with one attached hydrogen (secondary N) is 1. The Bertz CT molecular complexity index is 1140. The van der Waals surface area contributed by atoms with Gasteiger partial charge in [0.25, 0.3) is 0 Å². The van der Waals surface area contributed by atoms with Crippen molar-refractivity contribution < 1.29 is 0 Å². The molecule has 0 saturated heterocycles. The number of aromatic nitrogens is 2. The average molecular weight is 272 g/mol. The number of nitrogens with zero attached hydrogens (tertiary/aromatic N) is 1. The maximum atomic E-state index is 3.62. The molecule has 2 aromatic heterocycles. The van der Waals surface area contributed by atoms with Crippen molar-refractivity contribution in [3.05, 3.63) is 47.0 Å². The molecule has 2 heterocycles. The SMILES string of the molecule is Cn1c2c(c3ccc4c5ccccc5[nH]c4c31)=CCCC=2. The number of aromatic amines is 1. The van der Waals surface area contributed by atoms with Crippen molar-refractivity contribution in [1.82, 2.24) is 9.55 Å². The highest BCUT2D eigenvalue weighted by Gasteiger charge is 2.13. The smallest absolute Gasteiger partial charge is 0.0734 e. The van der Waals surface area contributed by atoms with Gasteiger partial charge in [0.1, 0.15) is 0 Å². The monoisotopic (exact) mass is 272 g/mol. The van der Waals surface area contributed by atoms with E-state index in [0.29, 0.717) is 0 Å². The second kappa shape index (κ2) is 3.79. The fourth-order valence-electron chi connectivity index (χ4n) is 3.82. The maximum Gasteiger partial charge on any atom is 0.0734 e. The number of rotatable bonds is 0. The second-order valence-electron chi connectivity index (χ2n) is 5.90. The molecule has 21 heavy (non-hydrogen) atoms. The van der Waals surface area contributed by atoms with E-state index in [9.17, 15) is 0 Å². The van der Waals surface area contributed by atoms with Gasteiger partial charge in [-0.3, -0.25) is 0 Å². The zero-order valence-corrected chi connectivity index (χ0v) is 12.0.